The fourth-order valence-corrected chi connectivity index (χ4v) is 2.02. The SMILES string of the molecule is O=C(NCCCNC(=O)C(Cl)Cl)c1cc2ccccc2[nH]1. The zero-order chi connectivity index (χ0) is 15.2. The Morgan fingerprint density at radius 1 is 1.14 bits per heavy atom. The van der Waals surface area contributed by atoms with Crippen LogP contribution in [0.2, 0.25) is 0 Å². The minimum Gasteiger partial charge on any atom is -0.354 e. The van der Waals surface area contributed by atoms with Gasteiger partial charge in [-0.2, -0.15) is 0 Å². The number of nitrogens with one attached hydrogen (secondary N) is 3. The van der Waals surface area contributed by atoms with E-state index in [9.17, 15) is 9.59 Å². The van der Waals surface area contributed by atoms with Gasteiger partial charge in [-0.25, -0.2) is 0 Å². The number of rotatable bonds is 6. The van der Waals surface area contributed by atoms with Crippen LogP contribution in [0.1, 0.15) is 16.9 Å². The van der Waals surface area contributed by atoms with E-state index >= 15 is 0 Å². The second-order valence-electron chi connectivity index (χ2n) is 4.47. The maximum absolute atomic E-state index is 11.9. The van der Waals surface area contributed by atoms with E-state index in [1.54, 1.807) is 6.07 Å². The van der Waals surface area contributed by atoms with Crippen LogP contribution in [0.15, 0.2) is 30.3 Å². The molecule has 0 atom stereocenters. The number of aromatic amines is 1. The van der Waals surface area contributed by atoms with Crippen LogP contribution < -0.4 is 10.6 Å². The fourth-order valence-electron chi connectivity index (χ4n) is 1.87. The van der Waals surface area contributed by atoms with E-state index in [0.717, 1.165) is 10.9 Å². The van der Waals surface area contributed by atoms with Gasteiger partial charge in [0.05, 0.1) is 0 Å². The Morgan fingerprint density at radius 3 is 2.57 bits per heavy atom. The lowest BCUT2D eigenvalue weighted by Gasteiger charge is -2.06. The molecule has 0 saturated carbocycles. The smallest absolute Gasteiger partial charge is 0.267 e. The number of amides is 2. The first-order valence-electron chi connectivity index (χ1n) is 6.50. The highest BCUT2D eigenvalue weighted by Crippen LogP contribution is 2.14. The number of H-pyrrole nitrogens is 1. The van der Waals surface area contributed by atoms with Gasteiger partial charge in [-0.1, -0.05) is 41.4 Å². The molecule has 1 aromatic heterocycles. The molecule has 5 nitrogen and oxygen atoms in total. The van der Waals surface area contributed by atoms with Crippen molar-refractivity contribution >= 4 is 45.9 Å². The Labute approximate surface area is 132 Å². The molecule has 2 amide bonds. The van der Waals surface area contributed by atoms with E-state index in [-0.39, 0.29) is 5.91 Å². The molecule has 112 valence electrons. The predicted molar refractivity (Wildman–Crippen MR) is 83.8 cm³/mol. The number of hydrogen-bond donors (Lipinski definition) is 3. The minimum atomic E-state index is -1.06. The Morgan fingerprint density at radius 2 is 1.86 bits per heavy atom. The number of para-hydroxylation sites is 1. The van der Waals surface area contributed by atoms with E-state index in [2.05, 4.69) is 15.6 Å². The lowest BCUT2D eigenvalue weighted by molar-refractivity contribution is -0.119. The maximum Gasteiger partial charge on any atom is 0.267 e. The molecule has 0 saturated heterocycles. The van der Waals surface area contributed by atoms with Gasteiger partial charge in [-0.15, -0.1) is 0 Å². The van der Waals surface area contributed by atoms with Gasteiger partial charge >= 0.3 is 0 Å². The first-order valence-corrected chi connectivity index (χ1v) is 7.37. The molecular formula is C14H15Cl2N3O2. The van der Waals surface area contributed by atoms with Crippen molar-refractivity contribution in [3.63, 3.8) is 0 Å². The van der Waals surface area contributed by atoms with E-state index in [4.69, 9.17) is 23.2 Å². The second kappa shape index (κ2) is 7.33. The standard InChI is InChI=1S/C14H15Cl2N3O2/c15-12(16)14(21)18-7-3-6-17-13(20)11-8-9-4-1-2-5-10(9)19-11/h1-2,4-5,8,12,19H,3,6-7H2,(H,17,20)(H,18,21). The minimum absolute atomic E-state index is 0.176. The Kier molecular flexibility index (Phi) is 5.47. The largest absolute Gasteiger partial charge is 0.354 e. The van der Waals surface area contributed by atoms with E-state index in [0.29, 0.717) is 25.2 Å². The summed E-state index contributed by atoms with van der Waals surface area (Å²) in [4.78, 5) is 25.0. The molecule has 3 N–H and O–H groups in total. The molecule has 21 heavy (non-hydrogen) atoms. The van der Waals surface area contributed by atoms with Crippen molar-refractivity contribution < 1.29 is 9.59 Å². The van der Waals surface area contributed by atoms with Crippen molar-refractivity contribution in [2.45, 2.75) is 11.3 Å². The zero-order valence-electron chi connectivity index (χ0n) is 11.2. The van der Waals surface area contributed by atoms with Gasteiger partial charge in [-0.05, 0) is 18.6 Å². The molecule has 1 heterocycles. The summed E-state index contributed by atoms with van der Waals surface area (Å²) in [5.41, 5.74) is 1.44. The number of carbonyl (C=O) groups excluding carboxylic acids is 2. The van der Waals surface area contributed by atoms with Gasteiger partial charge in [0.15, 0.2) is 4.84 Å². The van der Waals surface area contributed by atoms with Crippen molar-refractivity contribution in [3.05, 3.63) is 36.0 Å². The zero-order valence-corrected chi connectivity index (χ0v) is 12.7. The van der Waals surface area contributed by atoms with Crippen LogP contribution in [0, 0.1) is 0 Å². The molecule has 0 aliphatic rings. The van der Waals surface area contributed by atoms with Crippen molar-refractivity contribution in [3.8, 4) is 0 Å². The summed E-state index contributed by atoms with van der Waals surface area (Å²) in [5, 5.41) is 6.32. The molecular weight excluding hydrogens is 313 g/mol. The molecule has 2 rings (SSSR count). The quantitative estimate of drug-likeness (QED) is 0.562. The molecule has 0 fully saturated rings. The van der Waals surface area contributed by atoms with Crippen molar-refractivity contribution in [1.29, 1.82) is 0 Å². The van der Waals surface area contributed by atoms with Crippen LogP contribution in [0.3, 0.4) is 0 Å². The topological polar surface area (TPSA) is 74.0 Å². The third-order valence-electron chi connectivity index (χ3n) is 2.91. The fraction of sp³-hybridized carbons (Fsp3) is 0.286. The number of hydrogen-bond acceptors (Lipinski definition) is 2. The number of halogens is 2. The van der Waals surface area contributed by atoms with Crippen LogP contribution in [-0.4, -0.2) is 34.7 Å². The average Bonchev–Trinajstić information content (AvgIpc) is 2.90. The van der Waals surface area contributed by atoms with Gasteiger partial charge in [0.2, 0.25) is 0 Å². The molecule has 1 aromatic carbocycles. The van der Waals surface area contributed by atoms with Gasteiger partial charge in [0, 0.05) is 24.0 Å². The number of aromatic nitrogens is 1. The molecule has 0 bridgehead atoms. The third-order valence-corrected chi connectivity index (χ3v) is 3.31. The van der Waals surface area contributed by atoms with Crippen LogP contribution >= 0.6 is 23.2 Å². The molecule has 0 aliphatic carbocycles. The molecule has 0 aliphatic heterocycles. The molecule has 0 spiro atoms. The van der Waals surface area contributed by atoms with Crippen LogP contribution in [0.25, 0.3) is 10.9 Å². The summed E-state index contributed by atoms with van der Waals surface area (Å²) >= 11 is 10.8. The Bertz CT molecular complexity index is 607. The summed E-state index contributed by atoms with van der Waals surface area (Å²) in [6, 6.07) is 9.48. The second-order valence-corrected chi connectivity index (χ2v) is 5.57. The van der Waals surface area contributed by atoms with Crippen LogP contribution in [0.5, 0.6) is 0 Å². The number of carbonyl (C=O) groups is 2. The van der Waals surface area contributed by atoms with Crippen molar-refractivity contribution in [2.75, 3.05) is 13.1 Å². The average molecular weight is 328 g/mol. The normalized spacial score (nSPS) is 10.8. The highest BCUT2D eigenvalue weighted by Gasteiger charge is 2.10. The van der Waals surface area contributed by atoms with Gasteiger partial charge < -0.3 is 15.6 Å². The van der Waals surface area contributed by atoms with E-state index in [1.807, 2.05) is 24.3 Å². The number of benzene rings is 1. The van der Waals surface area contributed by atoms with Crippen molar-refractivity contribution in [2.24, 2.45) is 0 Å². The Hall–Kier alpha value is -1.72. The van der Waals surface area contributed by atoms with E-state index in [1.165, 1.54) is 0 Å². The third kappa shape index (κ3) is 4.37. The van der Waals surface area contributed by atoms with Crippen LogP contribution in [-0.2, 0) is 4.79 Å². The van der Waals surface area contributed by atoms with Gasteiger partial charge in [0.1, 0.15) is 5.69 Å². The highest BCUT2D eigenvalue weighted by molar-refractivity contribution is 6.53. The Balaban J connectivity index is 1.76. The highest BCUT2D eigenvalue weighted by atomic mass is 35.5. The summed E-state index contributed by atoms with van der Waals surface area (Å²) in [7, 11) is 0. The first kappa shape index (κ1) is 15.7. The maximum atomic E-state index is 11.9. The molecule has 0 unspecified atom stereocenters. The van der Waals surface area contributed by atoms with E-state index < -0.39 is 10.7 Å². The van der Waals surface area contributed by atoms with Crippen molar-refractivity contribution in [1.82, 2.24) is 15.6 Å². The molecule has 0 radical (unpaired) electrons. The molecule has 2 aromatic rings. The summed E-state index contributed by atoms with van der Waals surface area (Å²) in [6.07, 6.45) is 0.595. The lowest BCUT2D eigenvalue weighted by atomic mass is 10.2. The van der Waals surface area contributed by atoms with Crippen LogP contribution in [0.4, 0.5) is 0 Å². The first-order chi connectivity index (χ1) is 10.1. The predicted octanol–water partition coefficient (Wildman–Crippen LogP) is 2.21. The van der Waals surface area contributed by atoms with Gasteiger partial charge in [0.25, 0.3) is 11.8 Å². The summed E-state index contributed by atoms with van der Waals surface area (Å²) in [6.45, 7) is 0.853. The summed E-state index contributed by atoms with van der Waals surface area (Å²) < 4.78 is 0. The lowest BCUT2D eigenvalue weighted by Crippen LogP contribution is -2.32. The molecule has 7 heteroatoms. The number of alkyl halides is 2. The van der Waals surface area contributed by atoms with Gasteiger partial charge in [-0.3, -0.25) is 9.59 Å². The monoisotopic (exact) mass is 327 g/mol. The number of fused-ring (bicyclic) bond motifs is 1. The summed E-state index contributed by atoms with van der Waals surface area (Å²) in [5.74, 6) is -0.606.